The topological polar surface area (TPSA) is 48.0 Å². The molecule has 0 spiro atoms. The molecule has 2 heterocycles. The summed E-state index contributed by atoms with van der Waals surface area (Å²) in [6.07, 6.45) is 0. The molecule has 0 aliphatic heterocycles. The van der Waals surface area contributed by atoms with Crippen molar-refractivity contribution in [2.45, 2.75) is 20.8 Å². The quantitative estimate of drug-likeness (QED) is 0.181. The molecule has 0 saturated heterocycles. The van der Waals surface area contributed by atoms with E-state index in [4.69, 9.17) is 21.5 Å². The van der Waals surface area contributed by atoms with Gasteiger partial charge in [-0.1, -0.05) is 109 Å². The fourth-order valence-electron chi connectivity index (χ4n) is 6.91. The van der Waals surface area contributed by atoms with Crippen LogP contribution in [-0.2, 0) is 0 Å². The number of aryl methyl sites for hydroxylation is 3. The fourth-order valence-corrected chi connectivity index (χ4v) is 6.91. The van der Waals surface area contributed by atoms with Crippen LogP contribution in [0, 0.1) is 27.3 Å². The minimum absolute atomic E-state index is 0.462. The molecule has 228 valence electrons. The van der Waals surface area contributed by atoms with Crippen LogP contribution in [0.2, 0.25) is 0 Å². The van der Waals surface area contributed by atoms with Gasteiger partial charge in [0, 0.05) is 33.2 Å². The predicted molar refractivity (Wildman–Crippen MR) is 196 cm³/mol. The summed E-state index contributed by atoms with van der Waals surface area (Å²) in [4.78, 5) is 18.7. The molecule has 0 unspecified atom stereocenters. The van der Waals surface area contributed by atoms with Crippen LogP contribution in [0.25, 0.3) is 77.6 Å². The van der Waals surface area contributed by atoms with Gasteiger partial charge in [0.1, 0.15) is 0 Å². The third-order valence-electron chi connectivity index (χ3n) is 8.94. The van der Waals surface area contributed by atoms with E-state index in [-0.39, 0.29) is 0 Å². The van der Waals surface area contributed by atoms with Crippen molar-refractivity contribution in [3.05, 3.63) is 162 Å². The van der Waals surface area contributed by atoms with Gasteiger partial charge in [-0.15, -0.1) is 0 Å². The summed E-state index contributed by atoms with van der Waals surface area (Å²) in [5.74, 6) is 1.59. The third kappa shape index (κ3) is 5.01. The molecule has 0 aliphatic carbocycles. The molecule has 0 saturated carbocycles. The van der Waals surface area contributed by atoms with Crippen molar-refractivity contribution < 1.29 is 0 Å². The van der Waals surface area contributed by atoms with Crippen molar-refractivity contribution in [3.8, 4) is 51.0 Å². The molecule has 5 nitrogen and oxygen atoms in total. The Morgan fingerprint density at radius 3 is 1.75 bits per heavy atom. The highest BCUT2D eigenvalue weighted by atomic mass is 15.0. The van der Waals surface area contributed by atoms with Gasteiger partial charge in [0.25, 0.3) is 0 Å². The molecule has 0 amide bonds. The Bertz CT molecular complexity index is 2460. The zero-order chi connectivity index (χ0) is 32.8. The van der Waals surface area contributed by atoms with Crippen LogP contribution < -0.4 is 0 Å². The smallest absolute Gasteiger partial charge is 0.198 e. The van der Waals surface area contributed by atoms with Gasteiger partial charge in [-0.2, -0.15) is 0 Å². The van der Waals surface area contributed by atoms with Crippen LogP contribution in [0.5, 0.6) is 0 Å². The number of hydrogen-bond acceptors (Lipinski definition) is 3. The monoisotopic (exact) mass is 617 g/mol. The van der Waals surface area contributed by atoms with E-state index in [0.29, 0.717) is 28.7 Å². The Morgan fingerprint density at radius 1 is 0.521 bits per heavy atom. The minimum Gasteiger partial charge on any atom is -0.309 e. The second-order valence-corrected chi connectivity index (χ2v) is 12.2. The maximum absolute atomic E-state index is 8.08. The van der Waals surface area contributed by atoms with E-state index >= 15 is 0 Å². The Balaban J connectivity index is 1.35. The summed E-state index contributed by atoms with van der Waals surface area (Å²) in [5, 5.41) is 2.35. The van der Waals surface area contributed by atoms with Crippen molar-refractivity contribution in [2.75, 3.05) is 0 Å². The Hall–Kier alpha value is -6.38. The highest BCUT2D eigenvalue weighted by molar-refractivity contribution is 6.10. The molecule has 0 fully saturated rings. The first kappa shape index (κ1) is 29.1. The lowest BCUT2D eigenvalue weighted by atomic mass is 9.93. The molecular formula is C43H31N5. The van der Waals surface area contributed by atoms with Crippen LogP contribution in [0.15, 0.2) is 133 Å². The molecule has 0 bridgehead atoms. The highest BCUT2D eigenvalue weighted by Crippen LogP contribution is 2.39. The summed E-state index contributed by atoms with van der Waals surface area (Å²) >= 11 is 0. The zero-order valence-corrected chi connectivity index (χ0v) is 26.9. The molecule has 6 aromatic carbocycles. The summed E-state index contributed by atoms with van der Waals surface area (Å²) in [6.45, 7) is 14.6. The predicted octanol–water partition coefficient (Wildman–Crippen LogP) is 11.1. The van der Waals surface area contributed by atoms with E-state index in [0.717, 1.165) is 27.8 Å². The standard InChI is InChI=1S/C43H31N5/c1-27-23-28(2)40(29(3)24-27)32-19-22-39-35(25-32)34-17-11-12-18-38(34)48(39)33-20-21-37(44-4)36(26-33)43-46-41(30-13-7-5-8-14-30)45-42(47-43)31-15-9-6-10-16-31/h5-26H,1-3H3. The molecule has 0 aliphatic rings. The molecule has 8 aromatic rings. The normalized spacial score (nSPS) is 11.2. The average Bonchev–Trinajstić information content (AvgIpc) is 3.45. The lowest BCUT2D eigenvalue weighted by Gasteiger charge is -2.14. The largest absolute Gasteiger partial charge is 0.309 e. The van der Waals surface area contributed by atoms with Crippen LogP contribution >= 0.6 is 0 Å². The molecule has 0 atom stereocenters. The van der Waals surface area contributed by atoms with Gasteiger partial charge in [-0.25, -0.2) is 19.8 Å². The van der Waals surface area contributed by atoms with E-state index in [1.54, 1.807) is 0 Å². The van der Waals surface area contributed by atoms with Crippen molar-refractivity contribution in [1.82, 2.24) is 19.5 Å². The first-order chi connectivity index (χ1) is 23.5. The van der Waals surface area contributed by atoms with E-state index < -0.39 is 0 Å². The van der Waals surface area contributed by atoms with Crippen LogP contribution in [0.3, 0.4) is 0 Å². The number of nitrogens with zero attached hydrogens (tertiary/aromatic N) is 5. The van der Waals surface area contributed by atoms with Gasteiger partial charge in [0.15, 0.2) is 23.2 Å². The first-order valence-corrected chi connectivity index (χ1v) is 16.0. The van der Waals surface area contributed by atoms with E-state index in [9.17, 15) is 0 Å². The number of benzene rings is 6. The SMILES string of the molecule is [C-]#[N+]c1ccc(-n2c3ccccc3c3cc(-c4c(C)cc(C)cc4C)ccc32)cc1-c1nc(-c2ccccc2)nc(-c2ccccc2)n1. The minimum atomic E-state index is 0.462. The average molecular weight is 618 g/mol. The van der Waals surface area contributed by atoms with Crippen LogP contribution in [-0.4, -0.2) is 19.5 Å². The van der Waals surface area contributed by atoms with Gasteiger partial charge in [-0.05, 0) is 73.4 Å². The maximum atomic E-state index is 8.08. The lowest BCUT2D eigenvalue weighted by molar-refractivity contribution is 1.07. The molecule has 8 rings (SSSR count). The summed E-state index contributed by atoms with van der Waals surface area (Å²) in [5.41, 5.74) is 12.3. The Morgan fingerprint density at radius 2 is 1.10 bits per heavy atom. The summed E-state index contributed by atoms with van der Waals surface area (Å²) in [6, 6.07) is 45.5. The van der Waals surface area contributed by atoms with Gasteiger partial charge >= 0.3 is 0 Å². The van der Waals surface area contributed by atoms with E-state index in [2.05, 4.69) is 84.8 Å². The third-order valence-corrected chi connectivity index (χ3v) is 8.94. The Labute approximate surface area is 279 Å². The second kappa shape index (κ2) is 11.8. The summed E-state index contributed by atoms with van der Waals surface area (Å²) in [7, 11) is 0. The van der Waals surface area contributed by atoms with E-state index in [1.165, 1.54) is 38.6 Å². The summed E-state index contributed by atoms with van der Waals surface area (Å²) < 4.78 is 2.28. The van der Waals surface area contributed by atoms with Crippen molar-refractivity contribution in [3.63, 3.8) is 0 Å². The van der Waals surface area contributed by atoms with Gasteiger partial charge < -0.3 is 4.57 Å². The van der Waals surface area contributed by atoms with E-state index in [1.807, 2.05) is 78.9 Å². The number of rotatable bonds is 5. The zero-order valence-electron chi connectivity index (χ0n) is 26.9. The molecule has 5 heteroatoms. The van der Waals surface area contributed by atoms with Crippen molar-refractivity contribution >= 4 is 27.5 Å². The fraction of sp³-hybridized carbons (Fsp3) is 0.0698. The van der Waals surface area contributed by atoms with Crippen LogP contribution in [0.1, 0.15) is 16.7 Å². The number of aromatic nitrogens is 4. The van der Waals surface area contributed by atoms with Gasteiger partial charge in [0.05, 0.1) is 17.6 Å². The number of para-hydroxylation sites is 1. The first-order valence-electron chi connectivity index (χ1n) is 16.0. The van der Waals surface area contributed by atoms with Crippen molar-refractivity contribution in [2.24, 2.45) is 0 Å². The molecule has 48 heavy (non-hydrogen) atoms. The Kier molecular flexibility index (Phi) is 7.12. The second-order valence-electron chi connectivity index (χ2n) is 12.2. The highest BCUT2D eigenvalue weighted by Gasteiger charge is 2.19. The molecular weight excluding hydrogens is 587 g/mol. The molecule has 2 aromatic heterocycles. The van der Waals surface area contributed by atoms with Crippen LogP contribution in [0.4, 0.5) is 5.69 Å². The molecule has 0 N–H and O–H groups in total. The lowest BCUT2D eigenvalue weighted by Crippen LogP contribution is -2.01. The maximum Gasteiger partial charge on any atom is 0.198 e. The molecule has 0 radical (unpaired) electrons. The number of hydrogen-bond donors (Lipinski definition) is 0. The number of fused-ring (bicyclic) bond motifs is 3. The van der Waals surface area contributed by atoms with Gasteiger partial charge in [0.2, 0.25) is 0 Å². The van der Waals surface area contributed by atoms with Crippen molar-refractivity contribution in [1.29, 1.82) is 0 Å². The van der Waals surface area contributed by atoms with Gasteiger partial charge in [-0.3, -0.25) is 0 Å².